The maximum Gasteiger partial charge on any atom is 0.153 e. The van der Waals surface area contributed by atoms with Crippen LogP contribution in [0, 0.1) is 6.92 Å². The topological polar surface area (TPSA) is 69.4 Å². The number of benzene rings is 1. The molecule has 1 aromatic carbocycles. The van der Waals surface area contributed by atoms with E-state index in [1.807, 2.05) is 26.0 Å². The molecule has 0 unspecified atom stereocenters. The van der Waals surface area contributed by atoms with Crippen LogP contribution in [0.25, 0.3) is 0 Å². The molecular formula is C14H22BrNO3S. The first kappa shape index (κ1) is 17.5. The van der Waals surface area contributed by atoms with Crippen molar-refractivity contribution in [3.63, 3.8) is 0 Å². The summed E-state index contributed by atoms with van der Waals surface area (Å²) >= 11 is 3.45. The SMILES string of the molecule is CCCS(=O)(=O)CCOc1c(C)cc(Br)cc1CCN. The Kier molecular flexibility index (Phi) is 6.99. The van der Waals surface area contributed by atoms with E-state index in [1.165, 1.54) is 0 Å². The van der Waals surface area contributed by atoms with E-state index in [4.69, 9.17) is 10.5 Å². The molecule has 0 amide bonds. The van der Waals surface area contributed by atoms with Crippen molar-refractivity contribution in [3.8, 4) is 5.75 Å². The Morgan fingerprint density at radius 3 is 2.60 bits per heavy atom. The lowest BCUT2D eigenvalue weighted by Gasteiger charge is -2.14. The number of nitrogens with two attached hydrogens (primary N) is 1. The van der Waals surface area contributed by atoms with Crippen molar-refractivity contribution in [1.82, 2.24) is 0 Å². The third kappa shape index (κ3) is 5.42. The van der Waals surface area contributed by atoms with Crippen LogP contribution >= 0.6 is 15.9 Å². The molecule has 20 heavy (non-hydrogen) atoms. The molecule has 0 fully saturated rings. The fourth-order valence-corrected chi connectivity index (χ4v) is 3.81. The van der Waals surface area contributed by atoms with E-state index in [-0.39, 0.29) is 18.1 Å². The molecule has 0 bridgehead atoms. The molecule has 0 aliphatic heterocycles. The van der Waals surface area contributed by atoms with Gasteiger partial charge in [0.05, 0.1) is 11.5 Å². The number of aryl methyl sites for hydroxylation is 1. The minimum Gasteiger partial charge on any atom is -0.492 e. The summed E-state index contributed by atoms with van der Waals surface area (Å²) in [7, 11) is -3.01. The highest BCUT2D eigenvalue weighted by Crippen LogP contribution is 2.28. The van der Waals surface area contributed by atoms with Gasteiger partial charge in [-0.25, -0.2) is 8.42 Å². The molecule has 114 valence electrons. The molecule has 0 aromatic heterocycles. The summed E-state index contributed by atoms with van der Waals surface area (Å²) in [6.07, 6.45) is 1.34. The van der Waals surface area contributed by atoms with Crippen LogP contribution in [-0.4, -0.2) is 33.1 Å². The van der Waals surface area contributed by atoms with Gasteiger partial charge < -0.3 is 10.5 Å². The number of halogens is 1. The second-order valence-corrected chi connectivity index (χ2v) is 7.97. The van der Waals surface area contributed by atoms with E-state index in [2.05, 4.69) is 15.9 Å². The van der Waals surface area contributed by atoms with E-state index < -0.39 is 9.84 Å². The van der Waals surface area contributed by atoms with Gasteiger partial charge in [0.15, 0.2) is 9.84 Å². The first-order valence-corrected chi connectivity index (χ1v) is 9.33. The zero-order chi connectivity index (χ0) is 15.2. The number of sulfone groups is 1. The summed E-state index contributed by atoms with van der Waals surface area (Å²) in [6.45, 7) is 4.51. The van der Waals surface area contributed by atoms with Crippen LogP contribution in [0.5, 0.6) is 5.75 Å². The first-order valence-electron chi connectivity index (χ1n) is 6.72. The number of ether oxygens (including phenoxy) is 1. The predicted octanol–water partition coefficient (Wildman–Crippen LogP) is 2.46. The maximum absolute atomic E-state index is 11.7. The Bertz CT molecular complexity index is 544. The summed E-state index contributed by atoms with van der Waals surface area (Å²) in [6, 6.07) is 3.92. The highest BCUT2D eigenvalue weighted by Gasteiger charge is 2.12. The predicted molar refractivity (Wildman–Crippen MR) is 86.1 cm³/mol. The van der Waals surface area contributed by atoms with Crippen molar-refractivity contribution >= 4 is 25.8 Å². The van der Waals surface area contributed by atoms with Gasteiger partial charge in [-0.2, -0.15) is 0 Å². The van der Waals surface area contributed by atoms with Crippen LogP contribution in [-0.2, 0) is 16.3 Å². The van der Waals surface area contributed by atoms with Crippen molar-refractivity contribution in [2.24, 2.45) is 5.73 Å². The van der Waals surface area contributed by atoms with Gasteiger partial charge >= 0.3 is 0 Å². The molecule has 0 heterocycles. The Hall–Kier alpha value is -0.590. The summed E-state index contributed by atoms with van der Waals surface area (Å²) < 4.78 is 30.0. The quantitative estimate of drug-likeness (QED) is 0.769. The summed E-state index contributed by atoms with van der Waals surface area (Å²) in [5, 5.41) is 0. The third-order valence-electron chi connectivity index (χ3n) is 2.89. The standard InChI is InChI=1S/C14H22BrNO3S/c1-3-7-20(17,18)8-6-19-14-11(2)9-13(15)10-12(14)4-5-16/h9-10H,3-8,16H2,1-2H3. The van der Waals surface area contributed by atoms with Gasteiger partial charge in [0, 0.05) is 4.47 Å². The molecular weight excluding hydrogens is 342 g/mol. The molecule has 4 nitrogen and oxygen atoms in total. The smallest absolute Gasteiger partial charge is 0.153 e. The van der Waals surface area contributed by atoms with Crippen LogP contribution in [0.4, 0.5) is 0 Å². The van der Waals surface area contributed by atoms with Gasteiger partial charge in [-0.1, -0.05) is 22.9 Å². The molecule has 6 heteroatoms. The van der Waals surface area contributed by atoms with Crippen molar-refractivity contribution in [1.29, 1.82) is 0 Å². The van der Waals surface area contributed by atoms with E-state index >= 15 is 0 Å². The van der Waals surface area contributed by atoms with Crippen LogP contribution < -0.4 is 10.5 Å². The summed E-state index contributed by atoms with van der Waals surface area (Å²) in [5.74, 6) is 1.02. The van der Waals surface area contributed by atoms with Crippen LogP contribution in [0.15, 0.2) is 16.6 Å². The molecule has 0 saturated carbocycles. The second kappa shape index (κ2) is 8.00. The van der Waals surface area contributed by atoms with Gasteiger partial charge in [-0.3, -0.25) is 0 Å². The lowest BCUT2D eigenvalue weighted by molar-refractivity contribution is 0.335. The minimum absolute atomic E-state index is 0.0540. The lowest BCUT2D eigenvalue weighted by atomic mass is 10.1. The van der Waals surface area contributed by atoms with Crippen LogP contribution in [0.3, 0.4) is 0 Å². The molecule has 1 aromatic rings. The van der Waals surface area contributed by atoms with Crippen molar-refractivity contribution in [2.45, 2.75) is 26.7 Å². The maximum atomic E-state index is 11.7. The molecule has 1 rings (SSSR count). The van der Waals surface area contributed by atoms with E-state index in [9.17, 15) is 8.42 Å². The Balaban J connectivity index is 2.77. The van der Waals surface area contributed by atoms with Gasteiger partial charge in [-0.15, -0.1) is 0 Å². The van der Waals surface area contributed by atoms with Crippen LogP contribution in [0.1, 0.15) is 24.5 Å². The van der Waals surface area contributed by atoms with Crippen molar-refractivity contribution in [2.75, 3.05) is 24.7 Å². The van der Waals surface area contributed by atoms with E-state index in [1.54, 1.807) is 0 Å². The number of hydrogen-bond donors (Lipinski definition) is 1. The molecule has 2 N–H and O–H groups in total. The summed E-state index contributed by atoms with van der Waals surface area (Å²) in [5.41, 5.74) is 7.59. The zero-order valence-electron chi connectivity index (χ0n) is 12.0. The van der Waals surface area contributed by atoms with Gasteiger partial charge in [0.1, 0.15) is 12.4 Å². The van der Waals surface area contributed by atoms with E-state index in [0.29, 0.717) is 19.4 Å². The van der Waals surface area contributed by atoms with E-state index in [0.717, 1.165) is 21.3 Å². The molecule has 0 spiro atoms. The second-order valence-electron chi connectivity index (χ2n) is 4.75. The molecule has 0 aliphatic carbocycles. The van der Waals surface area contributed by atoms with Gasteiger partial charge in [0.2, 0.25) is 0 Å². The van der Waals surface area contributed by atoms with Gasteiger partial charge in [-0.05, 0) is 49.6 Å². The molecule has 0 aliphatic rings. The first-order chi connectivity index (χ1) is 9.39. The number of rotatable bonds is 8. The largest absolute Gasteiger partial charge is 0.492 e. The molecule has 0 saturated heterocycles. The Morgan fingerprint density at radius 2 is 2.00 bits per heavy atom. The zero-order valence-corrected chi connectivity index (χ0v) is 14.4. The highest BCUT2D eigenvalue weighted by atomic mass is 79.9. The normalized spacial score (nSPS) is 11.6. The van der Waals surface area contributed by atoms with Crippen molar-refractivity contribution < 1.29 is 13.2 Å². The Labute approximate surface area is 129 Å². The fraction of sp³-hybridized carbons (Fsp3) is 0.571. The molecule has 0 atom stereocenters. The average molecular weight is 364 g/mol. The third-order valence-corrected chi connectivity index (χ3v) is 5.16. The van der Waals surface area contributed by atoms with Crippen LogP contribution in [0.2, 0.25) is 0 Å². The molecule has 0 radical (unpaired) electrons. The number of hydrogen-bond acceptors (Lipinski definition) is 4. The fourth-order valence-electron chi connectivity index (χ4n) is 2.03. The lowest BCUT2D eigenvalue weighted by Crippen LogP contribution is -2.17. The summed E-state index contributed by atoms with van der Waals surface area (Å²) in [4.78, 5) is 0. The van der Waals surface area contributed by atoms with Gasteiger partial charge in [0.25, 0.3) is 0 Å². The van der Waals surface area contributed by atoms with Crippen molar-refractivity contribution in [3.05, 3.63) is 27.7 Å². The minimum atomic E-state index is -3.01. The highest BCUT2D eigenvalue weighted by molar-refractivity contribution is 9.10. The average Bonchev–Trinajstić information content (AvgIpc) is 2.32. The monoisotopic (exact) mass is 363 g/mol. The Morgan fingerprint density at radius 1 is 1.30 bits per heavy atom.